The third-order valence-electron chi connectivity index (χ3n) is 3.20. The van der Waals surface area contributed by atoms with Crippen LogP contribution in [0, 0.1) is 0 Å². The molecule has 1 N–H and O–H groups in total. The highest BCUT2D eigenvalue weighted by molar-refractivity contribution is 5.61. The second-order valence-corrected chi connectivity index (χ2v) is 4.45. The number of benzene rings is 1. The van der Waals surface area contributed by atoms with Crippen molar-refractivity contribution in [3.63, 3.8) is 0 Å². The van der Waals surface area contributed by atoms with Crippen molar-refractivity contribution < 1.29 is 4.42 Å². The van der Waals surface area contributed by atoms with E-state index in [0.717, 1.165) is 11.3 Å². The van der Waals surface area contributed by atoms with E-state index >= 15 is 0 Å². The normalized spacial score (nSPS) is 16.2. The first-order valence-corrected chi connectivity index (χ1v) is 6.05. The number of hydrogen-bond donors (Lipinski definition) is 1. The molecule has 1 heterocycles. The summed E-state index contributed by atoms with van der Waals surface area (Å²) in [6.45, 7) is 0. The highest BCUT2D eigenvalue weighted by atomic mass is 16.4. The van der Waals surface area contributed by atoms with Crippen molar-refractivity contribution in [2.75, 3.05) is 5.32 Å². The lowest BCUT2D eigenvalue weighted by Crippen LogP contribution is -2.14. The van der Waals surface area contributed by atoms with Gasteiger partial charge in [0, 0.05) is 17.3 Å². The standard InChI is InChI=1S/C13H15N3O/c1-2-6-11(5-1)15-12-7-3-4-10(8-12)13-16-14-9-17-13/h3-4,7-9,11,15H,1-2,5-6H2. The van der Waals surface area contributed by atoms with Gasteiger partial charge in [0.05, 0.1) is 0 Å². The molecule has 0 aliphatic heterocycles. The molecule has 1 fully saturated rings. The Bertz CT molecular complexity index is 475. The van der Waals surface area contributed by atoms with E-state index in [1.165, 1.54) is 32.1 Å². The summed E-state index contributed by atoms with van der Waals surface area (Å²) in [7, 11) is 0. The molecule has 2 aromatic rings. The summed E-state index contributed by atoms with van der Waals surface area (Å²) < 4.78 is 5.19. The summed E-state index contributed by atoms with van der Waals surface area (Å²) in [5, 5.41) is 11.2. The Balaban J connectivity index is 1.79. The smallest absolute Gasteiger partial charge is 0.247 e. The maximum absolute atomic E-state index is 5.19. The summed E-state index contributed by atoms with van der Waals surface area (Å²) >= 11 is 0. The van der Waals surface area contributed by atoms with Gasteiger partial charge < -0.3 is 9.73 Å². The van der Waals surface area contributed by atoms with Crippen LogP contribution >= 0.6 is 0 Å². The molecule has 1 saturated carbocycles. The number of aromatic nitrogens is 2. The number of rotatable bonds is 3. The van der Waals surface area contributed by atoms with Gasteiger partial charge in [-0.25, -0.2) is 0 Å². The van der Waals surface area contributed by atoms with Crippen molar-refractivity contribution in [2.24, 2.45) is 0 Å². The van der Waals surface area contributed by atoms with Gasteiger partial charge in [-0.15, -0.1) is 10.2 Å². The molecule has 0 bridgehead atoms. The predicted molar refractivity (Wildman–Crippen MR) is 65.6 cm³/mol. The molecule has 1 aromatic carbocycles. The molecule has 0 atom stereocenters. The average Bonchev–Trinajstić information content (AvgIpc) is 3.01. The van der Waals surface area contributed by atoms with Crippen molar-refractivity contribution >= 4 is 5.69 Å². The second-order valence-electron chi connectivity index (χ2n) is 4.45. The summed E-state index contributed by atoms with van der Waals surface area (Å²) in [6.07, 6.45) is 6.56. The van der Waals surface area contributed by atoms with Gasteiger partial charge in [0.2, 0.25) is 12.3 Å². The Morgan fingerprint density at radius 1 is 1.24 bits per heavy atom. The highest BCUT2D eigenvalue weighted by Crippen LogP contribution is 2.25. The Hall–Kier alpha value is -1.84. The minimum atomic E-state index is 0.570. The molecule has 4 nitrogen and oxygen atoms in total. The van der Waals surface area contributed by atoms with Crippen molar-refractivity contribution in [2.45, 2.75) is 31.7 Å². The number of nitrogens with zero attached hydrogens (tertiary/aromatic N) is 2. The fraction of sp³-hybridized carbons (Fsp3) is 0.385. The van der Waals surface area contributed by atoms with Crippen LogP contribution in [0.4, 0.5) is 5.69 Å². The van der Waals surface area contributed by atoms with Crippen LogP contribution in [-0.4, -0.2) is 16.2 Å². The molecule has 0 radical (unpaired) electrons. The molecule has 0 unspecified atom stereocenters. The maximum atomic E-state index is 5.19. The van der Waals surface area contributed by atoms with E-state index in [4.69, 9.17) is 4.42 Å². The number of hydrogen-bond acceptors (Lipinski definition) is 4. The summed E-state index contributed by atoms with van der Waals surface area (Å²) in [6, 6.07) is 8.75. The zero-order valence-corrected chi connectivity index (χ0v) is 9.60. The van der Waals surface area contributed by atoms with Crippen molar-refractivity contribution in [1.29, 1.82) is 0 Å². The molecule has 17 heavy (non-hydrogen) atoms. The van der Waals surface area contributed by atoms with Crippen LogP contribution < -0.4 is 5.32 Å². The summed E-state index contributed by atoms with van der Waals surface area (Å²) in [5.74, 6) is 0.570. The minimum Gasteiger partial charge on any atom is -0.423 e. The van der Waals surface area contributed by atoms with Gasteiger partial charge >= 0.3 is 0 Å². The van der Waals surface area contributed by atoms with E-state index < -0.39 is 0 Å². The minimum absolute atomic E-state index is 0.570. The van der Waals surface area contributed by atoms with E-state index in [-0.39, 0.29) is 0 Å². The highest BCUT2D eigenvalue weighted by Gasteiger charge is 2.14. The van der Waals surface area contributed by atoms with Crippen LogP contribution in [0.3, 0.4) is 0 Å². The number of nitrogens with one attached hydrogen (secondary N) is 1. The summed E-state index contributed by atoms with van der Waals surface area (Å²) in [4.78, 5) is 0. The van der Waals surface area contributed by atoms with Gasteiger partial charge in [-0.05, 0) is 31.0 Å². The molecule has 4 heteroatoms. The molecule has 1 aliphatic rings. The van der Waals surface area contributed by atoms with Crippen molar-refractivity contribution in [1.82, 2.24) is 10.2 Å². The molecule has 3 rings (SSSR count). The van der Waals surface area contributed by atoms with Gasteiger partial charge in [0.25, 0.3) is 0 Å². The predicted octanol–water partition coefficient (Wildman–Crippen LogP) is 3.09. The topological polar surface area (TPSA) is 51.0 Å². The third-order valence-corrected chi connectivity index (χ3v) is 3.20. The van der Waals surface area contributed by atoms with Gasteiger partial charge in [-0.1, -0.05) is 18.9 Å². The molecule has 1 aromatic heterocycles. The monoisotopic (exact) mass is 229 g/mol. The van der Waals surface area contributed by atoms with E-state index in [2.05, 4.69) is 27.6 Å². The first kappa shape index (κ1) is 10.3. The average molecular weight is 229 g/mol. The fourth-order valence-electron chi connectivity index (χ4n) is 2.35. The lowest BCUT2D eigenvalue weighted by molar-refractivity contribution is 0.568. The van der Waals surface area contributed by atoms with Gasteiger partial charge in [-0.2, -0.15) is 0 Å². The molecule has 0 amide bonds. The Morgan fingerprint density at radius 3 is 2.88 bits per heavy atom. The Kier molecular flexibility index (Phi) is 2.78. The van der Waals surface area contributed by atoms with Gasteiger partial charge in [-0.3, -0.25) is 0 Å². The third kappa shape index (κ3) is 2.30. The van der Waals surface area contributed by atoms with Crippen LogP contribution in [0.1, 0.15) is 25.7 Å². The molecule has 88 valence electrons. The van der Waals surface area contributed by atoms with E-state index in [1.807, 2.05) is 12.1 Å². The lowest BCUT2D eigenvalue weighted by atomic mass is 10.1. The van der Waals surface area contributed by atoms with Crippen LogP contribution in [0.15, 0.2) is 35.1 Å². The van der Waals surface area contributed by atoms with Crippen molar-refractivity contribution in [3.8, 4) is 11.5 Å². The van der Waals surface area contributed by atoms with Crippen LogP contribution in [0.5, 0.6) is 0 Å². The molecule has 1 aliphatic carbocycles. The second kappa shape index (κ2) is 4.57. The molecule has 0 spiro atoms. The zero-order valence-electron chi connectivity index (χ0n) is 9.60. The zero-order chi connectivity index (χ0) is 11.5. The molecule has 0 saturated heterocycles. The van der Waals surface area contributed by atoms with E-state index in [0.29, 0.717) is 11.9 Å². The van der Waals surface area contributed by atoms with Crippen LogP contribution in [0.25, 0.3) is 11.5 Å². The Labute approximate surface area is 100 Å². The van der Waals surface area contributed by atoms with Crippen LogP contribution in [-0.2, 0) is 0 Å². The molecular weight excluding hydrogens is 214 g/mol. The number of anilines is 1. The lowest BCUT2D eigenvalue weighted by Gasteiger charge is -2.13. The maximum Gasteiger partial charge on any atom is 0.247 e. The first-order chi connectivity index (χ1) is 8.42. The SMILES string of the molecule is c1cc(NC2CCCC2)cc(-c2nnco2)c1. The molecular formula is C13H15N3O. The summed E-state index contributed by atoms with van der Waals surface area (Å²) in [5.41, 5.74) is 2.10. The quantitative estimate of drug-likeness (QED) is 0.878. The Morgan fingerprint density at radius 2 is 2.12 bits per heavy atom. The van der Waals surface area contributed by atoms with Gasteiger partial charge in [0.1, 0.15) is 0 Å². The van der Waals surface area contributed by atoms with E-state index in [9.17, 15) is 0 Å². The van der Waals surface area contributed by atoms with Gasteiger partial charge in [0.15, 0.2) is 0 Å². The first-order valence-electron chi connectivity index (χ1n) is 6.05. The van der Waals surface area contributed by atoms with Crippen molar-refractivity contribution in [3.05, 3.63) is 30.7 Å². The van der Waals surface area contributed by atoms with E-state index in [1.54, 1.807) is 0 Å². The largest absolute Gasteiger partial charge is 0.423 e. The van der Waals surface area contributed by atoms with Crippen LogP contribution in [0.2, 0.25) is 0 Å². The fourth-order valence-corrected chi connectivity index (χ4v) is 2.35.